The fourth-order valence-corrected chi connectivity index (χ4v) is 12.6. The highest BCUT2D eigenvalue weighted by Crippen LogP contribution is 2.58. The molecule has 81 heavy (non-hydrogen) atoms. The number of aromatic nitrogens is 3. The molecule has 1 aliphatic rings. The molecule has 6 heteroatoms. The quantitative estimate of drug-likeness (QED) is 0.137. The van der Waals surface area contributed by atoms with E-state index in [2.05, 4.69) is 252 Å². The van der Waals surface area contributed by atoms with E-state index in [1.165, 1.54) is 44.2 Å². The average molecular weight is 1040 g/mol. The second-order valence-corrected chi connectivity index (χ2v) is 20.9. The first kappa shape index (κ1) is 46.3. The summed E-state index contributed by atoms with van der Waals surface area (Å²) in [7, 11) is 0. The first-order valence-corrected chi connectivity index (χ1v) is 27.4. The van der Waals surface area contributed by atoms with E-state index in [0.717, 1.165) is 89.4 Å². The van der Waals surface area contributed by atoms with Crippen molar-refractivity contribution in [1.82, 2.24) is 14.5 Å². The van der Waals surface area contributed by atoms with Gasteiger partial charge in [-0.1, -0.05) is 176 Å². The van der Waals surface area contributed by atoms with Gasteiger partial charge in [0.25, 0.3) is 0 Å². The van der Waals surface area contributed by atoms with Crippen LogP contribution in [0.15, 0.2) is 300 Å². The van der Waals surface area contributed by atoms with Gasteiger partial charge in [0.1, 0.15) is 11.0 Å². The summed E-state index contributed by atoms with van der Waals surface area (Å²) in [5.41, 5.74) is 22.9. The fourth-order valence-electron chi connectivity index (χ4n) is 12.6. The summed E-state index contributed by atoms with van der Waals surface area (Å²) in [5.74, 6) is 1.24. The van der Waals surface area contributed by atoms with Gasteiger partial charge < -0.3 is 18.3 Å². The third-order valence-electron chi connectivity index (χ3n) is 16.4. The zero-order valence-electron chi connectivity index (χ0n) is 43.8. The van der Waals surface area contributed by atoms with E-state index in [-0.39, 0.29) is 0 Å². The lowest BCUT2D eigenvalue weighted by molar-refractivity contribution is 0.619. The van der Waals surface area contributed by atoms with Gasteiger partial charge in [-0.3, -0.25) is 0 Å². The Kier molecular flexibility index (Phi) is 10.7. The molecule has 380 valence electrons. The SMILES string of the molecule is c1ccc(N(c2ccc(-c3ccc(-c4nc5ccccc5o4)cc3)cc2)c2ccc3c(c2)C(c2ccccc2)(c2ccccc2)c2cc(-n4c5ccccc5c5cc(-c6ccc(-c7nc8ccccc8o7)cc6)ccc54)ccc2-3)cc1. The molecule has 0 spiro atoms. The van der Waals surface area contributed by atoms with Crippen LogP contribution in [-0.2, 0) is 5.41 Å². The van der Waals surface area contributed by atoms with Gasteiger partial charge >= 0.3 is 0 Å². The minimum Gasteiger partial charge on any atom is -0.436 e. The molecule has 0 saturated carbocycles. The zero-order valence-corrected chi connectivity index (χ0v) is 43.8. The Morgan fingerprint density at radius 2 is 0.765 bits per heavy atom. The summed E-state index contributed by atoms with van der Waals surface area (Å²) in [5, 5.41) is 2.40. The van der Waals surface area contributed by atoms with Crippen LogP contribution in [-0.4, -0.2) is 14.5 Å². The monoisotopic (exact) mass is 1040 g/mol. The number of hydrogen-bond donors (Lipinski definition) is 0. The maximum atomic E-state index is 6.12. The predicted molar refractivity (Wildman–Crippen MR) is 330 cm³/mol. The first-order valence-electron chi connectivity index (χ1n) is 27.4. The lowest BCUT2D eigenvalue weighted by atomic mass is 9.67. The van der Waals surface area contributed by atoms with E-state index in [1.54, 1.807) is 0 Å². The van der Waals surface area contributed by atoms with E-state index in [9.17, 15) is 0 Å². The smallest absolute Gasteiger partial charge is 0.227 e. The molecule has 0 bridgehead atoms. The van der Waals surface area contributed by atoms with Gasteiger partial charge in [0, 0.05) is 44.6 Å². The maximum Gasteiger partial charge on any atom is 0.227 e. The number of rotatable bonds is 10. The van der Waals surface area contributed by atoms with E-state index in [4.69, 9.17) is 18.8 Å². The third kappa shape index (κ3) is 7.56. The first-order chi connectivity index (χ1) is 40.1. The van der Waals surface area contributed by atoms with Crippen LogP contribution in [0.5, 0.6) is 0 Å². The van der Waals surface area contributed by atoms with Crippen LogP contribution in [0.1, 0.15) is 22.3 Å². The van der Waals surface area contributed by atoms with Gasteiger partial charge in [-0.05, 0) is 171 Å². The van der Waals surface area contributed by atoms with Crippen LogP contribution in [0.2, 0.25) is 0 Å². The number of anilines is 3. The minimum atomic E-state index is -0.675. The van der Waals surface area contributed by atoms with Gasteiger partial charge in [0.05, 0.1) is 16.4 Å². The molecule has 3 aromatic heterocycles. The molecular weight excluding hydrogens is 989 g/mol. The molecule has 1 aliphatic carbocycles. The summed E-state index contributed by atoms with van der Waals surface area (Å²) in [6.07, 6.45) is 0. The Balaban J connectivity index is 0.808. The second-order valence-electron chi connectivity index (χ2n) is 20.9. The third-order valence-corrected chi connectivity index (χ3v) is 16.4. The van der Waals surface area contributed by atoms with Crippen LogP contribution < -0.4 is 4.90 Å². The van der Waals surface area contributed by atoms with Crippen LogP contribution in [0.4, 0.5) is 17.1 Å². The molecule has 0 N–H and O–H groups in total. The molecule has 0 aliphatic heterocycles. The Hall–Kier alpha value is -10.8. The molecule has 3 heterocycles. The van der Waals surface area contributed by atoms with Crippen molar-refractivity contribution < 1.29 is 8.83 Å². The normalized spacial score (nSPS) is 12.5. The van der Waals surface area contributed by atoms with Crippen LogP contribution in [0, 0.1) is 0 Å². The number of hydrogen-bond acceptors (Lipinski definition) is 5. The zero-order chi connectivity index (χ0) is 53.4. The molecule has 0 unspecified atom stereocenters. The average Bonchev–Trinajstić information content (AvgIpc) is 4.44. The van der Waals surface area contributed by atoms with Crippen molar-refractivity contribution in [1.29, 1.82) is 0 Å². The Morgan fingerprint density at radius 3 is 1.37 bits per heavy atom. The number of oxazole rings is 2. The molecule has 6 nitrogen and oxygen atoms in total. The highest BCUT2D eigenvalue weighted by Gasteiger charge is 2.47. The van der Waals surface area contributed by atoms with Gasteiger partial charge in [0.15, 0.2) is 11.2 Å². The van der Waals surface area contributed by atoms with Crippen molar-refractivity contribution in [3.8, 4) is 62.0 Å². The maximum absolute atomic E-state index is 6.12. The van der Waals surface area contributed by atoms with Crippen LogP contribution in [0.25, 0.3) is 106 Å². The number of nitrogens with zero attached hydrogens (tertiary/aromatic N) is 4. The molecule has 0 radical (unpaired) electrons. The summed E-state index contributed by atoms with van der Waals surface area (Å²) >= 11 is 0. The number of benzene rings is 12. The van der Waals surface area contributed by atoms with Crippen LogP contribution >= 0.6 is 0 Å². The number of para-hydroxylation sites is 6. The van der Waals surface area contributed by atoms with Crippen molar-refractivity contribution in [3.05, 3.63) is 313 Å². The van der Waals surface area contributed by atoms with Crippen molar-refractivity contribution in [2.75, 3.05) is 4.90 Å². The summed E-state index contributed by atoms with van der Waals surface area (Å²) in [6.45, 7) is 0. The Bertz CT molecular complexity index is 4740. The highest BCUT2D eigenvalue weighted by molar-refractivity contribution is 6.10. The Morgan fingerprint density at radius 1 is 0.321 bits per heavy atom. The topological polar surface area (TPSA) is 60.2 Å². The molecule has 16 rings (SSSR count). The van der Waals surface area contributed by atoms with Crippen molar-refractivity contribution >= 4 is 61.1 Å². The largest absolute Gasteiger partial charge is 0.436 e. The van der Waals surface area contributed by atoms with Gasteiger partial charge in [-0.25, -0.2) is 9.97 Å². The molecule has 15 aromatic rings. The summed E-state index contributed by atoms with van der Waals surface area (Å²) in [6, 6.07) is 105. The summed E-state index contributed by atoms with van der Waals surface area (Å²) in [4.78, 5) is 11.9. The fraction of sp³-hybridized carbons (Fsp3) is 0.0133. The van der Waals surface area contributed by atoms with Crippen molar-refractivity contribution in [3.63, 3.8) is 0 Å². The lowest BCUT2D eigenvalue weighted by Gasteiger charge is -2.35. The second kappa shape index (κ2) is 18.7. The minimum absolute atomic E-state index is 0.619. The van der Waals surface area contributed by atoms with Gasteiger partial charge in [0.2, 0.25) is 11.8 Å². The summed E-state index contributed by atoms with van der Waals surface area (Å²) < 4.78 is 14.7. The van der Waals surface area contributed by atoms with E-state index >= 15 is 0 Å². The standard InChI is InChI=1S/C75H48N4O2/c1-4-16-55(17-5-1)75(56-18-6-2-7-19-56)65-47-59(78(57-20-8-3-9-21-57)58-39-36-50(37-40-58)49-28-32-52(33-29-49)73-76-67-23-11-14-26-71(67)80-73)41-43-61(65)62-44-42-60(48-66(62)75)79-69-25-13-10-22-63(69)64-46-54(38-45-70(64)79)51-30-34-53(35-31-51)74-77-68-24-12-15-27-72(68)81-74/h1-48H. The van der Waals surface area contributed by atoms with Gasteiger partial charge in [-0.2, -0.15) is 0 Å². The molecule has 0 amide bonds. The molecule has 0 atom stereocenters. The molecule has 12 aromatic carbocycles. The Labute approximate surface area is 467 Å². The lowest BCUT2D eigenvalue weighted by Crippen LogP contribution is -2.29. The van der Waals surface area contributed by atoms with E-state index in [0.29, 0.717) is 11.8 Å². The van der Waals surface area contributed by atoms with E-state index in [1.807, 2.05) is 48.5 Å². The molecule has 0 fully saturated rings. The van der Waals surface area contributed by atoms with E-state index < -0.39 is 5.41 Å². The van der Waals surface area contributed by atoms with Crippen molar-refractivity contribution in [2.24, 2.45) is 0 Å². The molecule has 0 saturated heterocycles. The predicted octanol–water partition coefficient (Wildman–Crippen LogP) is 19.6. The molecular formula is C75H48N4O2. The number of fused-ring (bicyclic) bond motifs is 8. The van der Waals surface area contributed by atoms with Crippen molar-refractivity contribution in [2.45, 2.75) is 5.41 Å². The van der Waals surface area contributed by atoms with Gasteiger partial charge in [-0.15, -0.1) is 0 Å². The highest BCUT2D eigenvalue weighted by atomic mass is 16.4. The van der Waals surface area contributed by atoms with Crippen LogP contribution in [0.3, 0.4) is 0 Å².